The molecule has 0 radical (unpaired) electrons. The zero-order chi connectivity index (χ0) is 14.8. The summed E-state index contributed by atoms with van der Waals surface area (Å²) in [5.41, 5.74) is 0.735. The molecule has 0 aromatic heterocycles. The number of hydrogen-bond donors (Lipinski definition) is 0. The lowest BCUT2D eigenvalue weighted by Gasteiger charge is -2.27. The van der Waals surface area contributed by atoms with Crippen molar-refractivity contribution in [3.8, 4) is 0 Å². The maximum absolute atomic E-state index is 12.6. The van der Waals surface area contributed by atoms with Gasteiger partial charge in [0.2, 0.25) is 0 Å². The summed E-state index contributed by atoms with van der Waals surface area (Å²) in [6, 6.07) is 7.57. The molecule has 1 saturated carbocycles. The highest BCUT2D eigenvalue weighted by atomic mass is 32.2. The molecule has 1 aliphatic rings. The minimum Gasteiger partial charge on any atom is -0.294 e. The highest BCUT2D eigenvalue weighted by molar-refractivity contribution is 7.98. The van der Waals surface area contributed by atoms with Crippen LogP contribution in [0.1, 0.15) is 36.0 Å². The van der Waals surface area contributed by atoms with Crippen molar-refractivity contribution in [1.82, 2.24) is 0 Å². The maximum Gasteiger partial charge on any atom is 0.167 e. The van der Waals surface area contributed by atoms with Crippen LogP contribution in [-0.2, 0) is 9.84 Å². The molecule has 110 valence electrons. The molecule has 0 saturated heterocycles. The number of ketones is 1. The number of rotatable bonds is 4. The summed E-state index contributed by atoms with van der Waals surface area (Å²) in [6.45, 7) is 0. The van der Waals surface area contributed by atoms with Gasteiger partial charge in [0.05, 0.1) is 5.25 Å². The normalized spacial score (nSPS) is 23.5. The molecule has 3 nitrogen and oxygen atoms in total. The Morgan fingerprint density at radius 3 is 2.60 bits per heavy atom. The van der Waals surface area contributed by atoms with E-state index < -0.39 is 9.84 Å². The van der Waals surface area contributed by atoms with Crippen molar-refractivity contribution in [3.05, 3.63) is 29.8 Å². The molecule has 0 amide bonds. The molecule has 0 bridgehead atoms. The number of carbonyl (C=O) groups excluding carboxylic acids is 1. The van der Waals surface area contributed by atoms with Crippen LogP contribution in [0.2, 0.25) is 0 Å². The average Bonchev–Trinajstić information content (AvgIpc) is 2.45. The van der Waals surface area contributed by atoms with Gasteiger partial charge in [-0.1, -0.05) is 24.6 Å². The van der Waals surface area contributed by atoms with Gasteiger partial charge in [0.25, 0.3) is 0 Å². The van der Waals surface area contributed by atoms with Crippen molar-refractivity contribution >= 4 is 27.4 Å². The molecule has 2 rings (SSSR count). The molecule has 1 aromatic carbocycles. The summed E-state index contributed by atoms with van der Waals surface area (Å²) >= 11 is 1.56. The van der Waals surface area contributed by atoms with E-state index >= 15 is 0 Å². The van der Waals surface area contributed by atoms with E-state index in [-0.39, 0.29) is 17.0 Å². The van der Waals surface area contributed by atoms with Crippen molar-refractivity contribution in [2.75, 3.05) is 12.5 Å². The molecule has 2 unspecified atom stereocenters. The molecule has 0 aliphatic heterocycles. The van der Waals surface area contributed by atoms with Gasteiger partial charge < -0.3 is 0 Å². The highest BCUT2D eigenvalue weighted by Crippen LogP contribution is 2.32. The molecular formula is C15H20O3S2. The second-order valence-electron chi connectivity index (χ2n) is 5.38. The monoisotopic (exact) mass is 312 g/mol. The predicted octanol–water partition coefficient (Wildman–Crippen LogP) is 3.19. The maximum atomic E-state index is 12.6. The van der Waals surface area contributed by atoms with Crippen molar-refractivity contribution in [3.63, 3.8) is 0 Å². The van der Waals surface area contributed by atoms with Gasteiger partial charge in [-0.15, -0.1) is 11.8 Å². The lowest BCUT2D eigenvalue weighted by atomic mass is 9.83. The quantitative estimate of drug-likeness (QED) is 0.633. The number of carbonyl (C=O) groups is 1. The Hall–Kier alpha value is -0.810. The molecule has 1 aliphatic carbocycles. The first-order valence-electron chi connectivity index (χ1n) is 6.79. The van der Waals surface area contributed by atoms with E-state index in [2.05, 4.69) is 0 Å². The molecule has 1 aromatic rings. The summed E-state index contributed by atoms with van der Waals surface area (Å²) in [4.78, 5) is 13.6. The molecule has 0 spiro atoms. The summed E-state index contributed by atoms with van der Waals surface area (Å²) < 4.78 is 23.4. The first kappa shape index (κ1) is 15.6. The van der Waals surface area contributed by atoms with Crippen LogP contribution < -0.4 is 0 Å². The Balaban J connectivity index is 2.21. The average molecular weight is 312 g/mol. The molecular weight excluding hydrogens is 292 g/mol. The summed E-state index contributed by atoms with van der Waals surface area (Å²) in [6.07, 6.45) is 6.00. The van der Waals surface area contributed by atoms with Crippen LogP contribution in [0.15, 0.2) is 29.2 Å². The zero-order valence-electron chi connectivity index (χ0n) is 11.8. The summed E-state index contributed by atoms with van der Waals surface area (Å²) in [5, 5.41) is -0.355. The number of sulfone groups is 1. The van der Waals surface area contributed by atoms with Crippen LogP contribution >= 0.6 is 11.8 Å². The van der Waals surface area contributed by atoms with E-state index in [1.807, 2.05) is 30.5 Å². The third-order valence-electron chi connectivity index (χ3n) is 3.97. The van der Waals surface area contributed by atoms with Gasteiger partial charge in [0.1, 0.15) is 9.84 Å². The van der Waals surface area contributed by atoms with Gasteiger partial charge in [0, 0.05) is 22.6 Å². The van der Waals surface area contributed by atoms with E-state index in [0.29, 0.717) is 12.8 Å². The fourth-order valence-electron chi connectivity index (χ4n) is 2.84. The molecule has 20 heavy (non-hydrogen) atoms. The van der Waals surface area contributed by atoms with Crippen LogP contribution in [0.4, 0.5) is 0 Å². The van der Waals surface area contributed by atoms with E-state index in [9.17, 15) is 13.2 Å². The molecule has 0 N–H and O–H groups in total. The van der Waals surface area contributed by atoms with E-state index in [1.165, 1.54) is 6.26 Å². The van der Waals surface area contributed by atoms with Crippen LogP contribution in [0.25, 0.3) is 0 Å². The van der Waals surface area contributed by atoms with Crippen molar-refractivity contribution in [2.45, 2.75) is 35.8 Å². The van der Waals surface area contributed by atoms with Gasteiger partial charge >= 0.3 is 0 Å². The van der Waals surface area contributed by atoms with Gasteiger partial charge in [-0.3, -0.25) is 4.79 Å². The zero-order valence-corrected chi connectivity index (χ0v) is 13.5. The minimum absolute atomic E-state index is 0.100. The fourth-order valence-corrected chi connectivity index (χ4v) is 4.62. The van der Waals surface area contributed by atoms with Gasteiger partial charge in [-0.25, -0.2) is 8.42 Å². The van der Waals surface area contributed by atoms with Crippen LogP contribution in [0.5, 0.6) is 0 Å². The second kappa shape index (κ2) is 6.31. The number of hydrogen-bond acceptors (Lipinski definition) is 4. The topological polar surface area (TPSA) is 51.2 Å². The van der Waals surface area contributed by atoms with E-state index in [4.69, 9.17) is 0 Å². The number of thioether (sulfide) groups is 1. The predicted molar refractivity (Wildman–Crippen MR) is 83.1 cm³/mol. The van der Waals surface area contributed by atoms with Crippen LogP contribution in [-0.4, -0.2) is 32.0 Å². The summed E-state index contributed by atoms with van der Waals surface area (Å²) in [7, 11) is -3.05. The minimum atomic E-state index is -3.05. The largest absolute Gasteiger partial charge is 0.294 e. The lowest BCUT2D eigenvalue weighted by molar-refractivity contribution is 0.0888. The molecule has 5 heteroatoms. The Morgan fingerprint density at radius 2 is 1.95 bits per heavy atom. The van der Waals surface area contributed by atoms with Crippen LogP contribution in [0, 0.1) is 5.92 Å². The number of benzene rings is 1. The smallest absolute Gasteiger partial charge is 0.167 e. The second-order valence-corrected chi connectivity index (χ2v) is 8.55. The van der Waals surface area contributed by atoms with Crippen molar-refractivity contribution in [2.24, 2.45) is 5.92 Å². The van der Waals surface area contributed by atoms with Gasteiger partial charge in [0.15, 0.2) is 5.78 Å². The lowest BCUT2D eigenvalue weighted by Crippen LogP contribution is -2.31. The third kappa shape index (κ3) is 3.44. The van der Waals surface area contributed by atoms with Gasteiger partial charge in [-0.2, -0.15) is 0 Å². The first-order chi connectivity index (χ1) is 9.43. The SMILES string of the molecule is CSc1ccccc1C(=O)C1CCCC(S(C)(=O)=O)C1. The summed E-state index contributed by atoms with van der Waals surface area (Å²) in [5.74, 6) is -0.0555. The first-order valence-corrected chi connectivity index (χ1v) is 9.97. The number of Topliss-reactive ketones (excluding diaryl/α,β-unsaturated/α-hetero) is 1. The molecule has 2 atom stereocenters. The Morgan fingerprint density at radius 1 is 1.25 bits per heavy atom. The highest BCUT2D eigenvalue weighted by Gasteiger charge is 2.33. The Labute approximate surface area is 125 Å². The third-order valence-corrected chi connectivity index (χ3v) is 6.41. The van der Waals surface area contributed by atoms with Gasteiger partial charge in [-0.05, 0) is 31.6 Å². The Bertz CT molecular complexity index is 593. The molecule has 1 fully saturated rings. The fraction of sp³-hybridized carbons (Fsp3) is 0.533. The Kier molecular flexibility index (Phi) is 4.91. The van der Waals surface area contributed by atoms with Crippen LogP contribution in [0.3, 0.4) is 0 Å². The standard InChI is InChI=1S/C15H20O3S2/c1-19-14-9-4-3-8-13(14)15(16)11-6-5-7-12(10-11)20(2,17)18/h3-4,8-9,11-12H,5-7,10H2,1-2H3. The van der Waals surface area contributed by atoms with E-state index in [1.54, 1.807) is 11.8 Å². The van der Waals surface area contributed by atoms with Crippen molar-refractivity contribution in [1.29, 1.82) is 0 Å². The van der Waals surface area contributed by atoms with E-state index in [0.717, 1.165) is 23.3 Å². The molecule has 0 heterocycles. The van der Waals surface area contributed by atoms with Crippen molar-refractivity contribution < 1.29 is 13.2 Å².